The lowest BCUT2D eigenvalue weighted by atomic mass is 10.5. The molecule has 0 spiro atoms. The smallest absolute Gasteiger partial charge is 0.334 e. The molecular weight excluding hydrogens is 336 g/mol. The number of rotatable bonds is 12. The van der Waals surface area contributed by atoms with Crippen molar-refractivity contribution in [3.8, 4) is 0 Å². The summed E-state index contributed by atoms with van der Waals surface area (Å²) in [6.45, 7) is 6.74. The van der Waals surface area contributed by atoms with E-state index in [1.165, 1.54) is 0 Å². The molecule has 0 aliphatic heterocycles. The number of aliphatic carboxylic acids is 1. The molecule has 140 valence electrons. The van der Waals surface area contributed by atoms with Gasteiger partial charge in [0.1, 0.15) is 0 Å². The minimum atomic E-state index is -1.92. The monoisotopic (exact) mass is 370 g/mol. The number of carboxylic acid groups (broad SMARTS) is 1. The molecule has 0 saturated carbocycles. The largest absolute Gasteiger partial charge is 0.481 e. The van der Waals surface area contributed by atoms with Crippen molar-refractivity contribution < 1.29 is 32.3 Å². The summed E-state index contributed by atoms with van der Waals surface area (Å²) in [5.74, 6) is -0.833. The molecule has 0 amide bonds. The molecule has 9 heteroatoms. The van der Waals surface area contributed by atoms with Gasteiger partial charge in [-0.05, 0) is 38.0 Å². The van der Waals surface area contributed by atoms with E-state index in [1.807, 2.05) is 0 Å². The molecule has 0 saturated heterocycles. The number of carboxylic acids is 1. The van der Waals surface area contributed by atoms with Crippen LogP contribution in [0.2, 0.25) is 25.2 Å². The van der Waals surface area contributed by atoms with Crippen molar-refractivity contribution in [1.82, 2.24) is 0 Å². The fraction of sp³-hybridized carbons (Fsp3) is 0.929. The first-order valence-electron chi connectivity index (χ1n) is 7.66. The Balaban J connectivity index is 0. The maximum absolute atomic E-state index is 9.00. The highest BCUT2D eigenvalue weighted by Crippen LogP contribution is 2.15. The molecule has 0 rings (SSSR count). The summed E-state index contributed by atoms with van der Waals surface area (Å²) in [6, 6.07) is 1.92. The molecule has 0 aliphatic carbocycles. The lowest BCUT2D eigenvalue weighted by Crippen LogP contribution is -2.36. The Labute approximate surface area is 142 Å². The van der Waals surface area contributed by atoms with Gasteiger partial charge in [0, 0.05) is 48.6 Å². The maximum Gasteiger partial charge on any atom is 0.334 e. The quantitative estimate of drug-likeness (QED) is 0.417. The first-order valence-corrected chi connectivity index (χ1v) is 12.7. The average Bonchev–Trinajstić information content (AvgIpc) is 2.53. The van der Waals surface area contributed by atoms with Crippen molar-refractivity contribution in [2.45, 2.75) is 44.9 Å². The van der Waals surface area contributed by atoms with Crippen molar-refractivity contribution in [2.75, 3.05) is 41.7 Å². The number of hydrogen-bond donors (Lipinski definition) is 1. The SMILES string of the molecule is CC(=O)O.CO[Si](C)(CCCOCCC[Si](C)(OC)OC)OC. The molecule has 0 heterocycles. The summed E-state index contributed by atoms with van der Waals surface area (Å²) < 4.78 is 27.3. The second-order valence-electron chi connectivity index (χ2n) is 5.42. The molecule has 0 aromatic heterocycles. The zero-order chi connectivity index (χ0) is 18.4. The maximum atomic E-state index is 9.00. The normalized spacial score (nSPS) is 11.8. The van der Waals surface area contributed by atoms with Gasteiger partial charge in [0.2, 0.25) is 0 Å². The average molecular weight is 371 g/mol. The fourth-order valence-electron chi connectivity index (χ4n) is 1.67. The molecule has 23 heavy (non-hydrogen) atoms. The van der Waals surface area contributed by atoms with Crippen molar-refractivity contribution in [2.24, 2.45) is 0 Å². The van der Waals surface area contributed by atoms with Crippen LogP contribution in [-0.2, 0) is 27.2 Å². The van der Waals surface area contributed by atoms with E-state index in [2.05, 4.69) is 13.1 Å². The van der Waals surface area contributed by atoms with Crippen LogP contribution >= 0.6 is 0 Å². The van der Waals surface area contributed by atoms with E-state index in [9.17, 15) is 0 Å². The lowest BCUT2D eigenvalue weighted by Gasteiger charge is -2.23. The molecule has 7 nitrogen and oxygen atoms in total. The van der Waals surface area contributed by atoms with Gasteiger partial charge in [-0.2, -0.15) is 0 Å². The van der Waals surface area contributed by atoms with E-state index < -0.39 is 23.1 Å². The van der Waals surface area contributed by atoms with Crippen LogP contribution in [0.3, 0.4) is 0 Å². The molecule has 0 unspecified atom stereocenters. The number of hydrogen-bond acceptors (Lipinski definition) is 6. The standard InChI is InChI=1S/C12H30O5Si2.C2H4O2/c1-13-18(5,14-2)11-7-9-17-10-8-12-19(6,15-3)16-4;1-2(3)4/h7-12H2,1-6H3;1H3,(H,3,4). The van der Waals surface area contributed by atoms with Gasteiger partial charge < -0.3 is 27.5 Å². The molecular formula is C14H34O7Si2. The highest BCUT2D eigenvalue weighted by Gasteiger charge is 2.28. The highest BCUT2D eigenvalue weighted by atomic mass is 28.4. The Morgan fingerprint density at radius 3 is 1.30 bits per heavy atom. The molecule has 0 bridgehead atoms. The summed E-state index contributed by atoms with van der Waals surface area (Å²) in [7, 11) is 3.04. The van der Waals surface area contributed by atoms with E-state index >= 15 is 0 Å². The summed E-state index contributed by atoms with van der Waals surface area (Å²) in [6.07, 6.45) is 1.96. The zero-order valence-corrected chi connectivity index (χ0v) is 17.6. The van der Waals surface area contributed by atoms with Gasteiger partial charge in [-0.25, -0.2) is 0 Å². The van der Waals surface area contributed by atoms with E-state index in [-0.39, 0.29) is 0 Å². The van der Waals surface area contributed by atoms with E-state index in [0.29, 0.717) is 0 Å². The molecule has 0 radical (unpaired) electrons. The van der Waals surface area contributed by atoms with Gasteiger partial charge in [0.15, 0.2) is 0 Å². The van der Waals surface area contributed by atoms with Crippen LogP contribution < -0.4 is 0 Å². The van der Waals surface area contributed by atoms with Crippen molar-refractivity contribution in [3.05, 3.63) is 0 Å². The summed E-state index contributed by atoms with van der Waals surface area (Å²) in [5.41, 5.74) is 0. The third-order valence-corrected chi connectivity index (χ3v) is 9.54. The topological polar surface area (TPSA) is 83.5 Å². The van der Waals surface area contributed by atoms with Gasteiger partial charge in [0.05, 0.1) is 0 Å². The minimum absolute atomic E-state index is 0.757. The van der Waals surface area contributed by atoms with E-state index in [1.54, 1.807) is 28.4 Å². The van der Waals surface area contributed by atoms with Crippen LogP contribution in [0.25, 0.3) is 0 Å². The predicted octanol–water partition coefficient (Wildman–Crippen LogP) is 2.60. The van der Waals surface area contributed by atoms with Gasteiger partial charge in [-0.3, -0.25) is 4.79 Å². The van der Waals surface area contributed by atoms with Crippen LogP contribution in [-0.4, -0.2) is 69.9 Å². The van der Waals surface area contributed by atoms with Gasteiger partial charge in [-0.15, -0.1) is 0 Å². The minimum Gasteiger partial charge on any atom is -0.481 e. The number of ether oxygens (including phenoxy) is 1. The molecule has 0 aliphatic rings. The molecule has 0 fully saturated rings. The van der Waals surface area contributed by atoms with Gasteiger partial charge in [-0.1, -0.05) is 0 Å². The third-order valence-electron chi connectivity index (χ3n) is 3.57. The highest BCUT2D eigenvalue weighted by molar-refractivity contribution is 6.66. The summed E-state index contributed by atoms with van der Waals surface area (Å²) in [5, 5.41) is 7.42. The molecule has 0 aromatic rings. The Kier molecular flexibility index (Phi) is 15.3. The van der Waals surface area contributed by atoms with E-state index in [0.717, 1.165) is 45.1 Å². The Morgan fingerprint density at radius 2 is 1.09 bits per heavy atom. The van der Waals surface area contributed by atoms with Crippen LogP contribution in [0.4, 0.5) is 0 Å². The van der Waals surface area contributed by atoms with Crippen LogP contribution in [0, 0.1) is 0 Å². The second kappa shape index (κ2) is 14.1. The first kappa shape index (κ1) is 24.9. The van der Waals surface area contributed by atoms with Crippen LogP contribution in [0.5, 0.6) is 0 Å². The Morgan fingerprint density at radius 1 is 0.826 bits per heavy atom. The molecule has 0 aromatic carbocycles. The van der Waals surface area contributed by atoms with Crippen LogP contribution in [0.15, 0.2) is 0 Å². The third kappa shape index (κ3) is 15.0. The van der Waals surface area contributed by atoms with Gasteiger partial charge in [0.25, 0.3) is 5.97 Å². The van der Waals surface area contributed by atoms with Gasteiger partial charge >= 0.3 is 17.1 Å². The zero-order valence-electron chi connectivity index (χ0n) is 15.6. The molecule has 1 N–H and O–H groups in total. The predicted molar refractivity (Wildman–Crippen MR) is 94.2 cm³/mol. The Bertz CT molecular complexity index is 269. The van der Waals surface area contributed by atoms with Crippen molar-refractivity contribution in [1.29, 1.82) is 0 Å². The summed E-state index contributed by atoms with van der Waals surface area (Å²) >= 11 is 0. The van der Waals surface area contributed by atoms with Crippen LogP contribution in [0.1, 0.15) is 19.8 Å². The Hall–Kier alpha value is -0.296. The lowest BCUT2D eigenvalue weighted by molar-refractivity contribution is -0.134. The van der Waals surface area contributed by atoms with Crippen molar-refractivity contribution in [3.63, 3.8) is 0 Å². The first-order chi connectivity index (χ1) is 10.7. The van der Waals surface area contributed by atoms with E-state index in [4.69, 9.17) is 32.3 Å². The second-order valence-corrected chi connectivity index (χ2v) is 12.6. The number of carbonyl (C=O) groups is 1. The fourth-order valence-corrected chi connectivity index (χ4v) is 4.39. The molecule has 0 atom stereocenters. The summed E-state index contributed by atoms with van der Waals surface area (Å²) in [4.78, 5) is 9.00. The van der Waals surface area contributed by atoms with Crippen molar-refractivity contribution >= 4 is 23.1 Å².